The molecule has 5 heteroatoms. The number of aryl methyl sites for hydroxylation is 1. The van der Waals surface area contributed by atoms with Crippen LogP contribution in [0.15, 0.2) is 36.7 Å². The number of carbonyl (C=O) groups excluding carboxylic acids is 1. The van der Waals surface area contributed by atoms with Gasteiger partial charge in [0.1, 0.15) is 5.75 Å². The number of para-hydroxylation sites is 1. The third-order valence-electron chi connectivity index (χ3n) is 4.36. The van der Waals surface area contributed by atoms with E-state index in [9.17, 15) is 4.79 Å². The number of nitrogens with zero attached hydrogens (tertiary/aromatic N) is 3. The second kappa shape index (κ2) is 7.07. The first-order valence-corrected chi connectivity index (χ1v) is 8.57. The molecule has 0 radical (unpaired) electrons. The number of hydrogen-bond acceptors (Lipinski definition) is 3. The third kappa shape index (κ3) is 3.61. The Morgan fingerprint density at radius 3 is 2.88 bits per heavy atom. The molecule has 0 saturated carbocycles. The molecule has 5 nitrogen and oxygen atoms in total. The SMILES string of the molecule is CC(C)Oc1ccccc1CC(=O)N1CCC[C@H]1c1cnn(C)c1. The molecule has 1 saturated heterocycles. The maximum atomic E-state index is 12.9. The van der Waals surface area contributed by atoms with Gasteiger partial charge in [-0.3, -0.25) is 9.48 Å². The van der Waals surface area contributed by atoms with Crippen LogP contribution in [0.3, 0.4) is 0 Å². The van der Waals surface area contributed by atoms with E-state index in [-0.39, 0.29) is 18.1 Å². The largest absolute Gasteiger partial charge is 0.491 e. The van der Waals surface area contributed by atoms with Crippen LogP contribution in [0, 0.1) is 0 Å². The van der Waals surface area contributed by atoms with Gasteiger partial charge in [-0.05, 0) is 32.8 Å². The summed E-state index contributed by atoms with van der Waals surface area (Å²) in [5, 5.41) is 4.24. The van der Waals surface area contributed by atoms with Crippen LogP contribution in [-0.4, -0.2) is 33.2 Å². The number of aromatic nitrogens is 2. The minimum absolute atomic E-state index is 0.0937. The summed E-state index contributed by atoms with van der Waals surface area (Å²) < 4.78 is 7.63. The summed E-state index contributed by atoms with van der Waals surface area (Å²) in [4.78, 5) is 14.9. The fraction of sp³-hybridized carbons (Fsp3) is 0.474. The predicted molar refractivity (Wildman–Crippen MR) is 92.8 cm³/mol. The predicted octanol–water partition coefficient (Wildman–Crippen LogP) is 3.11. The van der Waals surface area contributed by atoms with Gasteiger partial charge >= 0.3 is 0 Å². The average Bonchev–Trinajstić information content (AvgIpc) is 3.17. The Bertz CT molecular complexity index is 708. The standard InChI is InChI=1S/C19H25N3O2/c1-14(2)24-18-9-5-4-7-15(18)11-19(23)22-10-6-8-17(22)16-12-20-21(3)13-16/h4-5,7,9,12-14,17H,6,8,10-11H2,1-3H3/t17-/m0/s1. The summed E-state index contributed by atoms with van der Waals surface area (Å²) in [7, 11) is 1.91. The van der Waals surface area contributed by atoms with Crippen LogP contribution in [0.4, 0.5) is 0 Å². The van der Waals surface area contributed by atoms with Crippen LogP contribution in [0.1, 0.15) is 43.9 Å². The molecule has 0 spiro atoms. The van der Waals surface area contributed by atoms with Crippen molar-refractivity contribution in [1.82, 2.24) is 14.7 Å². The van der Waals surface area contributed by atoms with Gasteiger partial charge in [-0.25, -0.2) is 0 Å². The van der Waals surface area contributed by atoms with Crippen molar-refractivity contribution >= 4 is 5.91 Å². The summed E-state index contributed by atoms with van der Waals surface area (Å²) in [5.74, 6) is 0.958. The van der Waals surface area contributed by atoms with Gasteiger partial charge in [0.05, 0.1) is 24.8 Å². The summed E-state index contributed by atoms with van der Waals surface area (Å²) >= 11 is 0. The highest BCUT2D eigenvalue weighted by atomic mass is 16.5. The first kappa shape index (κ1) is 16.6. The van der Waals surface area contributed by atoms with Crippen molar-refractivity contribution in [3.8, 4) is 5.75 Å². The molecular weight excluding hydrogens is 302 g/mol. The van der Waals surface area contributed by atoms with E-state index in [1.165, 1.54) is 0 Å². The van der Waals surface area contributed by atoms with E-state index in [4.69, 9.17) is 4.74 Å². The number of hydrogen-bond donors (Lipinski definition) is 0. The van der Waals surface area contributed by atoms with Crippen molar-refractivity contribution in [2.24, 2.45) is 7.05 Å². The highest BCUT2D eigenvalue weighted by Crippen LogP contribution is 2.32. The van der Waals surface area contributed by atoms with Crippen LogP contribution in [-0.2, 0) is 18.3 Å². The van der Waals surface area contributed by atoms with Gasteiger partial charge in [-0.15, -0.1) is 0 Å². The van der Waals surface area contributed by atoms with Crippen molar-refractivity contribution in [1.29, 1.82) is 0 Å². The van der Waals surface area contributed by atoms with E-state index in [1.54, 1.807) is 4.68 Å². The molecule has 1 aliphatic heterocycles. The van der Waals surface area contributed by atoms with Crippen LogP contribution >= 0.6 is 0 Å². The minimum Gasteiger partial charge on any atom is -0.491 e. The molecule has 3 rings (SSSR count). The molecule has 128 valence electrons. The summed E-state index contributed by atoms with van der Waals surface area (Å²) in [5.41, 5.74) is 2.07. The zero-order valence-electron chi connectivity index (χ0n) is 14.6. The fourth-order valence-corrected chi connectivity index (χ4v) is 3.31. The summed E-state index contributed by atoms with van der Waals surface area (Å²) in [6, 6.07) is 7.96. The number of benzene rings is 1. The van der Waals surface area contributed by atoms with Crippen LogP contribution in [0.25, 0.3) is 0 Å². The number of ether oxygens (including phenoxy) is 1. The van der Waals surface area contributed by atoms with Gasteiger partial charge in [0.2, 0.25) is 5.91 Å². The Balaban J connectivity index is 1.75. The lowest BCUT2D eigenvalue weighted by Gasteiger charge is -2.24. The topological polar surface area (TPSA) is 47.4 Å². The van der Waals surface area contributed by atoms with Gasteiger partial charge in [-0.1, -0.05) is 18.2 Å². The Labute approximate surface area is 143 Å². The minimum atomic E-state index is 0.0937. The van der Waals surface area contributed by atoms with Crippen molar-refractivity contribution in [2.45, 2.75) is 45.3 Å². The molecule has 24 heavy (non-hydrogen) atoms. The van der Waals surface area contributed by atoms with E-state index < -0.39 is 0 Å². The molecule has 1 fully saturated rings. The van der Waals surface area contributed by atoms with Crippen molar-refractivity contribution < 1.29 is 9.53 Å². The molecule has 1 amide bonds. The first-order chi connectivity index (χ1) is 11.5. The maximum absolute atomic E-state index is 12.9. The summed E-state index contributed by atoms with van der Waals surface area (Å²) in [6.45, 7) is 4.81. The second-order valence-electron chi connectivity index (χ2n) is 6.64. The maximum Gasteiger partial charge on any atom is 0.227 e. The quantitative estimate of drug-likeness (QED) is 0.848. The Kier molecular flexibility index (Phi) is 4.88. The van der Waals surface area contributed by atoms with Gasteiger partial charge in [-0.2, -0.15) is 5.10 Å². The Morgan fingerprint density at radius 1 is 1.38 bits per heavy atom. The van der Waals surface area contributed by atoms with E-state index in [0.717, 1.165) is 36.3 Å². The van der Waals surface area contributed by atoms with Gasteiger partial charge in [0, 0.05) is 30.9 Å². The molecule has 0 aliphatic carbocycles. The van der Waals surface area contributed by atoms with E-state index >= 15 is 0 Å². The first-order valence-electron chi connectivity index (χ1n) is 8.57. The Hall–Kier alpha value is -2.30. The van der Waals surface area contributed by atoms with E-state index in [1.807, 2.05) is 62.5 Å². The highest BCUT2D eigenvalue weighted by molar-refractivity contribution is 5.80. The number of likely N-dealkylation sites (tertiary alicyclic amines) is 1. The Morgan fingerprint density at radius 2 is 2.17 bits per heavy atom. The normalized spacial score (nSPS) is 17.5. The van der Waals surface area contributed by atoms with Crippen LogP contribution < -0.4 is 4.74 Å². The molecule has 1 aromatic heterocycles. The molecule has 0 bridgehead atoms. The van der Waals surface area contributed by atoms with Crippen LogP contribution in [0.2, 0.25) is 0 Å². The van der Waals surface area contributed by atoms with Gasteiger partial charge in [0.15, 0.2) is 0 Å². The molecule has 1 aromatic carbocycles. The molecule has 2 heterocycles. The molecule has 1 aliphatic rings. The molecular formula is C19H25N3O2. The zero-order chi connectivity index (χ0) is 17.1. The smallest absolute Gasteiger partial charge is 0.227 e. The van der Waals surface area contributed by atoms with E-state index in [2.05, 4.69) is 5.10 Å². The monoisotopic (exact) mass is 327 g/mol. The van der Waals surface area contributed by atoms with Crippen molar-refractivity contribution in [3.05, 3.63) is 47.8 Å². The number of rotatable bonds is 5. The number of carbonyl (C=O) groups is 1. The lowest BCUT2D eigenvalue weighted by atomic mass is 10.1. The van der Waals surface area contributed by atoms with Crippen molar-refractivity contribution in [3.63, 3.8) is 0 Å². The lowest BCUT2D eigenvalue weighted by molar-refractivity contribution is -0.131. The summed E-state index contributed by atoms with van der Waals surface area (Å²) in [6.07, 6.45) is 6.38. The van der Waals surface area contributed by atoms with Crippen LogP contribution in [0.5, 0.6) is 5.75 Å². The third-order valence-corrected chi connectivity index (χ3v) is 4.36. The molecule has 0 N–H and O–H groups in total. The molecule has 0 unspecified atom stereocenters. The second-order valence-corrected chi connectivity index (χ2v) is 6.64. The number of amides is 1. The lowest BCUT2D eigenvalue weighted by Crippen LogP contribution is -2.31. The van der Waals surface area contributed by atoms with Gasteiger partial charge in [0.25, 0.3) is 0 Å². The van der Waals surface area contributed by atoms with Gasteiger partial charge < -0.3 is 9.64 Å². The van der Waals surface area contributed by atoms with Crippen molar-refractivity contribution in [2.75, 3.05) is 6.54 Å². The molecule has 2 aromatic rings. The zero-order valence-corrected chi connectivity index (χ0v) is 14.6. The van der Waals surface area contributed by atoms with E-state index in [0.29, 0.717) is 6.42 Å². The average molecular weight is 327 g/mol. The fourth-order valence-electron chi connectivity index (χ4n) is 3.31. The molecule has 1 atom stereocenters. The highest BCUT2D eigenvalue weighted by Gasteiger charge is 2.31.